The van der Waals surface area contributed by atoms with Gasteiger partial charge >= 0.3 is 5.91 Å². The third-order valence-electron chi connectivity index (χ3n) is 2.48. The SMILES string of the molecule is NNC(=O)c1ccc(COCc2ccccc2F)o1. The van der Waals surface area contributed by atoms with Crippen molar-refractivity contribution in [3.05, 3.63) is 59.3 Å². The van der Waals surface area contributed by atoms with E-state index >= 15 is 0 Å². The Bertz CT molecular complexity index is 569. The standard InChI is InChI=1S/C13H13FN2O3/c14-11-4-2-1-3-9(11)7-18-8-10-5-6-12(19-10)13(17)16-15/h1-6H,7-8,15H2,(H,16,17). The summed E-state index contributed by atoms with van der Waals surface area (Å²) in [6.45, 7) is 0.276. The summed E-state index contributed by atoms with van der Waals surface area (Å²) in [7, 11) is 0. The van der Waals surface area contributed by atoms with Crippen molar-refractivity contribution in [3.63, 3.8) is 0 Å². The quantitative estimate of drug-likeness (QED) is 0.490. The lowest BCUT2D eigenvalue weighted by molar-refractivity contribution is 0.0846. The normalized spacial score (nSPS) is 10.4. The Hall–Kier alpha value is -2.18. The molecule has 0 aliphatic heterocycles. The fraction of sp³-hybridized carbons (Fsp3) is 0.154. The second-order valence-electron chi connectivity index (χ2n) is 3.82. The number of hydrogen-bond acceptors (Lipinski definition) is 4. The third-order valence-corrected chi connectivity index (χ3v) is 2.48. The summed E-state index contributed by atoms with van der Waals surface area (Å²) in [4.78, 5) is 11.1. The second-order valence-corrected chi connectivity index (χ2v) is 3.82. The van der Waals surface area contributed by atoms with Crippen molar-refractivity contribution in [1.82, 2.24) is 5.43 Å². The molecule has 0 atom stereocenters. The van der Waals surface area contributed by atoms with Crippen molar-refractivity contribution in [2.75, 3.05) is 0 Å². The zero-order valence-corrected chi connectivity index (χ0v) is 10.1. The molecular formula is C13H13FN2O3. The van der Waals surface area contributed by atoms with E-state index in [9.17, 15) is 9.18 Å². The van der Waals surface area contributed by atoms with Gasteiger partial charge in [-0.15, -0.1) is 0 Å². The average Bonchev–Trinajstić information content (AvgIpc) is 2.89. The van der Waals surface area contributed by atoms with Crippen LogP contribution in [0.5, 0.6) is 0 Å². The first kappa shape index (κ1) is 13.3. The van der Waals surface area contributed by atoms with E-state index < -0.39 is 5.91 Å². The number of furan rings is 1. The van der Waals surface area contributed by atoms with Gasteiger partial charge in [0.25, 0.3) is 0 Å². The summed E-state index contributed by atoms with van der Waals surface area (Å²) in [6, 6.07) is 9.46. The first-order chi connectivity index (χ1) is 9.20. The Morgan fingerprint density at radius 1 is 1.26 bits per heavy atom. The lowest BCUT2D eigenvalue weighted by atomic mass is 10.2. The van der Waals surface area contributed by atoms with Gasteiger partial charge in [0.2, 0.25) is 0 Å². The van der Waals surface area contributed by atoms with E-state index in [2.05, 4.69) is 0 Å². The van der Waals surface area contributed by atoms with Gasteiger partial charge in [0.1, 0.15) is 18.2 Å². The number of nitrogen functional groups attached to an aromatic ring is 1. The molecule has 1 aromatic carbocycles. The number of halogens is 1. The van der Waals surface area contributed by atoms with E-state index in [1.54, 1.807) is 24.3 Å². The second kappa shape index (κ2) is 6.12. The molecule has 0 unspecified atom stereocenters. The topological polar surface area (TPSA) is 77.5 Å². The number of hydrazine groups is 1. The predicted molar refractivity (Wildman–Crippen MR) is 65.3 cm³/mol. The summed E-state index contributed by atoms with van der Waals surface area (Å²) < 4.78 is 23.8. The number of carbonyl (C=O) groups excluding carboxylic acids is 1. The van der Waals surface area contributed by atoms with Crippen LogP contribution >= 0.6 is 0 Å². The molecule has 0 aliphatic rings. The van der Waals surface area contributed by atoms with Crippen LogP contribution in [0.1, 0.15) is 21.9 Å². The van der Waals surface area contributed by atoms with Crippen LogP contribution in [-0.2, 0) is 18.0 Å². The van der Waals surface area contributed by atoms with Crippen LogP contribution in [0.2, 0.25) is 0 Å². The largest absolute Gasteiger partial charge is 0.453 e. The first-order valence-corrected chi connectivity index (χ1v) is 5.61. The minimum Gasteiger partial charge on any atom is -0.453 e. The van der Waals surface area contributed by atoms with Gasteiger partial charge in [-0.2, -0.15) is 0 Å². The van der Waals surface area contributed by atoms with Crippen LogP contribution in [0.25, 0.3) is 0 Å². The number of nitrogens with one attached hydrogen (secondary N) is 1. The molecule has 1 amide bonds. The summed E-state index contributed by atoms with van der Waals surface area (Å²) in [5, 5.41) is 0. The molecule has 0 bridgehead atoms. The van der Waals surface area contributed by atoms with Gasteiger partial charge in [-0.25, -0.2) is 10.2 Å². The highest BCUT2D eigenvalue weighted by Crippen LogP contribution is 2.12. The molecular weight excluding hydrogens is 251 g/mol. The monoisotopic (exact) mass is 264 g/mol. The van der Waals surface area contributed by atoms with Gasteiger partial charge in [0, 0.05) is 5.56 Å². The molecule has 0 spiro atoms. The van der Waals surface area contributed by atoms with Crippen LogP contribution in [0.15, 0.2) is 40.8 Å². The third kappa shape index (κ3) is 3.40. The molecule has 19 heavy (non-hydrogen) atoms. The number of hydrogen-bond donors (Lipinski definition) is 2. The molecule has 0 radical (unpaired) electrons. The van der Waals surface area contributed by atoms with E-state index in [-0.39, 0.29) is 24.8 Å². The fourth-order valence-corrected chi connectivity index (χ4v) is 1.53. The van der Waals surface area contributed by atoms with Gasteiger partial charge in [0.05, 0.1) is 6.61 Å². The van der Waals surface area contributed by atoms with E-state index in [1.165, 1.54) is 12.1 Å². The van der Waals surface area contributed by atoms with Crippen LogP contribution < -0.4 is 11.3 Å². The minimum absolute atomic E-state index is 0.104. The summed E-state index contributed by atoms with van der Waals surface area (Å²) in [5.41, 5.74) is 2.43. The van der Waals surface area contributed by atoms with Crippen molar-refractivity contribution in [1.29, 1.82) is 0 Å². The van der Waals surface area contributed by atoms with Gasteiger partial charge in [-0.1, -0.05) is 18.2 Å². The number of carbonyl (C=O) groups is 1. The number of ether oxygens (including phenoxy) is 1. The Morgan fingerprint density at radius 2 is 2.05 bits per heavy atom. The number of amides is 1. The van der Waals surface area contributed by atoms with Crippen molar-refractivity contribution >= 4 is 5.91 Å². The fourth-order valence-electron chi connectivity index (χ4n) is 1.53. The molecule has 0 aliphatic carbocycles. The highest BCUT2D eigenvalue weighted by Gasteiger charge is 2.09. The maximum Gasteiger partial charge on any atom is 0.300 e. The molecule has 1 aromatic heterocycles. The van der Waals surface area contributed by atoms with Crippen LogP contribution in [0.4, 0.5) is 4.39 Å². The van der Waals surface area contributed by atoms with E-state index in [1.807, 2.05) is 5.43 Å². The Morgan fingerprint density at radius 3 is 2.79 bits per heavy atom. The molecule has 3 N–H and O–H groups in total. The Kier molecular flexibility index (Phi) is 4.27. The highest BCUT2D eigenvalue weighted by molar-refractivity contribution is 5.90. The van der Waals surface area contributed by atoms with Gasteiger partial charge in [-0.3, -0.25) is 10.2 Å². The van der Waals surface area contributed by atoms with Crippen molar-refractivity contribution in [2.45, 2.75) is 13.2 Å². The minimum atomic E-state index is -0.514. The molecule has 0 saturated heterocycles. The number of benzene rings is 1. The van der Waals surface area contributed by atoms with E-state index in [4.69, 9.17) is 15.0 Å². The molecule has 2 rings (SSSR count). The maximum atomic E-state index is 13.3. The molecule has 0 saturated carbocycles. The molecule has 5 nitrogen and oxygen atoms in total. The molecule has 2 aromatic rings. The van der Waals surface area contributed by atoms with E-state index in [0.29, 0.717) is 11.3 Å². The summed E-state index contributed by atoms with van der Waals surface area (Å²) in [6.07, 6.45) is 0. The van der Waals surface area contributed by atoms with Gasteiger partial charge in [0.15, 0.2) is 5.76 Å². The van der Waals surface area contributed by atoms with Gasteiger partial charge in [-0.05, 0) is 18.2 Å². The maximum absolute atomic E-state index is 13.3. The number of nitrogens with two attached hydrogens (primary N) is 1. The van der Waals surface area contributed by atoms with Crippen LogP contribution in [0.3, 0.4) is 0 Å². The van der Waals surface area contributed by atoms with Crippen LogP contribution in [-0.4, -0.2) is 5.91 Å². The molecule has 100 valence electrons. The lowest BCUT2D eigenvalue weighted by Gasteiger charge is -2.03. The van der Waals surface area contributed by atoms with Crippen molar-refractivity contribution in [3.8, 4) is 0 Å². The zero-order chi connectivity index (χ0) is 13.7. The number of rotatable bonds is 5. The Labute approximate surface area is 109 Å². The summed E-state index contributed by atoms with van der Waals surface area (Å²) in [5.74, 6) is 4.72. The van der Waals surface area contributed by atoms with Crippen molar-refractivity contribution < 1.29 is 18.3 Å². The zero-order valence-electron chi connectivity index (χ0n) is 10.1. The smallest absolute Gasteiger partial charge is 0.300 e. The lowest BCUT2D eigenvalue weighted by Crippen LogP contribution is -2.29. The average molecular weight is 264 g/mol. The molecule has 0 fully saturated rings. The molecule has 1 heterocycles. The van der Waals surface area contributed by atoms with Crippen LogP contribution in [0, 0.1) is 5.82 Å². The predicted octanol–water partition coefficient (Wildman–Crippen LogP) is 1.74. The van der Waals surface area contributed by atoms with Gasteiger partial charge < -0.3 is 9.15 Å². The molecule has 6 heteroatoms. The highest BCUT2D eigenvalue weighted by atomic mass is 19.1. The van der Waals surface area contributed by atoms with E-state index in [0.717, 1.165) is 0 Å². The Balaban J connectivity index is 1.88. The first-order valence-electron chi connectivity index (χ1n) is 5.61. The summed E-state index contributed by atoms with van der Waals surface area (Å²) >= 11 is 0. The van der Waals surface area contributed by atoms with Crippen molar-refractivity contribution in [2.24, 2.45) is 5.84 Å².